The second-order valence-corrected chi connectivity index (χ2v) is 10.0. The smallest absolute Gasteiger partial charge is 0.319 e. The number of anilines is 2. The number of hydrogen-bond acceptors (Lipinski definition) is 4. The molecule has 2 N–H and O–H groups in total. The Balaban J connectivity index is 1.60. The fraction of sp³-hybridized carbons (Fsp3) is 0.0455. The highest BCUT2D eigenvalue weighted by atomic mass is 35.5. The SMILES string of the molecule is O=C(Nc1ccccc1NS(=O)(=O)c1ccccc1Cl)c1cc2cc(C(F)(F)F)ccc2s1. The van der Waals surface area contributed by atoms with Gasteiger partial charge in [-0.15, -0.1) is 11.3 Å². The Kier molecular flexibility index (Phi) is 6.08. The summed E-state index contributed by atoms with van der Waals surface area (Å²) in [4.78, 5) is 12.8. The zero-order valence-electron chi connectivity index (χ0n) is 16.5. The third kappa shape index (κ3) is 4.97. The predicted octanol–water partition coefficient (Wildman–Crippen LogP) is 6.63. The van der Waals surface area contributed by atoms with E-state index in [0.717, 1.165) is 23.5 Å². The minimum Gasteiger partial charge on any atom is -0.319 e. The predicted molar refractivity (Wildman–Crippen MR) is 123 cm³/mol. The number of fused-ring (bicyclic) bond motifs is 1. The van der Waals surface area contributed by atoms with E-state index in [1.807, 2.05) is 0 Å². The van der Waals surface area contributed by atoms with Crippen LogP contribution in [0.1, 0.15) is 15.2 Å². The van der Waals surface area contributed by atoms with Crippen molar-refractivity contribution in [3.63, 3.8) is 0 Å². The lowest BCUT2D eigenvalue weighted by molar-refractivity contribution is -0.137. The first-order valence-corrected chi connectivity index (χ1v) is 12.0. The van der Waals surface area contributed by atoms with Gasteiger partial charge in [0.15, 0.2) is 0 Å². The fourth-order valence-corrected chi connectivity index (χ4v) is 5.60. The molecular formula is C22H14ClF3N2O3S2. The van der Waals surface area contributed by atoms with Crippen LogP contribution in [-0.2, 0) is 16.2 Å². The van der Waals surface area contributed by atoms with Crippen LogP contribution in [0.3, 0.4) is 0 Å². The van der Waals surface area contributed by atoms with Crippen LogP contribution in [0.2, 0.25) is 5.02 Å². The van der Waals surface area contributed by atoms with E-state index in [1.165, 1.54) is 42.5 Å². The second kappa shape index (κ2) is 8.69. The zero-order chi connectivity index (χ0) is 23.8. The fourth-order valence-electron chi connectivity index (χ4n) is 3.06. The van der Waals surface area contributed by atoms with Gasteiger partial charge in [0.05, 0.1) is 26.8 Å². The number of benzene rings is 3. The number of halogens is 4. The van der Waals surface area contributed by atoms with Crippen molar-refractivity contribution in [1.29, 1.82) is 0 Å². The molecule has 1 heterocycles. The van der Waals surface area contributed by atoms with Gasteiger partial charge in [-0.25, -0.2) is 8.42 Å². The van der Waals surface area contributed by atoms with Gasteiger partial charge in [-0.1, -0.05) is 35.9 Å². The zero-order valence-corrected chi connectivity index (χ0v) is 18.9. The highest BCUT2D eigenvalue weighted by molar-refractivity contribution is 7.92. The molecule has 4 rings (SSSR count). The Morgan fingerprint density at radius 3 is 2.27 bits per heavy atom. The van der Waals surface area contributed by atoms with E-state index in [4.69, 9.17) is 11.6 Å². The van der Waals surface area contributed by atoms with Crippen LogP contribution in [0.15, 0.2) is 77.7 Å². The molecule has 1 amide bonds. The van der Waals surface area contributed by atoms with E-state index in [1.54, 1.807) is 18.2 Å². The first-order valence-electron chi connectivity index (χ1n) is 9.33. The molecule has 0 atom stereocenters. The quantitative estimate of drug-likeness (QED) is 0.316. The van der Waals surface area contributed by atoms with Gasteiger partial charge >= 0.3 is 6.18 Å². The van der Waals surface area contributed by atoms with Gasteiger partial charge in [0.1, 0.15) is 4.90 Å². The van der Waals surface area contributed by atoms with E-state index in [2.05, 4.69) is 10.0 Å². The topological polar surface area (TPSA) is 75.3 Å². The van der Waals surface area contributed by atoms with Crippen LogP contribution < -0.4 is 10.0 Å². The molecule has 1 aromatic heterocycles. The van der Waals surface area contributed by atoms with Gasteiger partial charge in [-0.2, -0.15) is 13.2 Å². The number of carbonyl (C=O) groups is 1. The van der Waals surface area contributed by atoms with Crippen LogP contribution in [0.4, 0.5) is 24.5 Å². The number of para-hydroxylation sites is 2. The molecule has 0 fully saturated rings. The van der Waals surface area contributed by atoms with Crippen molar-refractivity contribution < 1.29 is 26.4 Å². The number of rotatable bonds is 5. The van der Waals surface area contributed by atoms with Crippen LogP contribution in [-0.4, -0.2) is 14.3 Å². The molecule has 3 aromatic carbocycles. The first kappa shape index (κ1) is 23.1. The lowest BCUT2D eigenvalue weighted by atomic mass is 10.1. The maximum absolute atomic E-state index is 13.0. The van der Waals surface area contributed by atoms with Gasteiger partial charge in [0.2, 0.25) is 0 Å². The molecule has 0 radical (unpaired) electrons. The molecule has 0 bridgehead atoms. The number of alkyl halides is 3. The van der Waals surface area contributed by atoms with Gasteiger partial charge in [-0.05, 0) is 53.9 Å². The molecule has 170 valence electrons. The summed E-state index contributed by atoms with van der Waals surface area (Å²) in [6.45, 7) is 0. The molecule has 0 aliphatic carbocycles. The number of hydrogen-bond donors (Lipinski definition) is 2. The number of thiophene rings is 1. The van der Waals surface area contributed by atoms with Crippen molar-refractivity contribution in [1.82, 2.24) is 0 Å². The Bertz CT molecular complexity index is 1470. The van der Waals surface area contributed by atoms with Crippen molar-refractivity contribution in [2.75, 3.05) is 10.0 Å². The summed E-state index contributed by atoms with van der Waals surface area (Å²) in [5.41, 5.74) is -0.531. The number of carbonyl (C=O) groups excluding carboxylic acids is 1. The van der Waals surface area contributed by atoms with Crippen molar-refractivity contribution in [3.8, 4) is 0 Å². The summed E-state index contributed by atoms with van der Waals surface area (Å²) >= 11 is 7.03. The largest absolute Gasteiger partial charge is 0.416 e. The Morgan fingerprint density at radius 1 is 0.909 bits per heavy atom. The highest BCUT2D eigenvalue weighted by Crippen LogP contribution is 2.35. The van der Waals surface area contributed by atoms with Gasteiger partial charge in [0, 0.05) is 4.70 Å². The number of amides is 1. The van der Waals surface area contributed by atoms with Crippen LogP contribution >= 0.6 is 22.9 Å². The van der Waals surface area contributed by atoms with Crippen molar-refractivity contribution in [2.45, 2.75) is 11.1 Å². The van der Waals surface area contributed by atoms with Gasteiger partial charge in [0.25, 0.3) is 15.9 Å². The molecule has 0 saturated carbocycles. The lowest BCUT2D eigenvalue weighted by Gasteiger charge is -2.13. The van der Waals surface area contributed by atoms with E-state index >= 15 is 0 Å². The minimum atomic E-state index is -4.49. The number of sulfonamides is 1. The van der Waals surface area contributed by atoms with E-state index in [9.17, 15) is 26.4 Å². The van der Waals surface area contributed by atoms with Crippen LogP contribution in [0.5, 0.6) is 0 Å². The van der Waals surface area contributed by atoms with Crippen molar-refractivity contribution in [3.05, 3.63) is 88.3 Å². The van der Waals surface area contributed by atoms with Crippen LogP contribution in [0.25, 0.3) is 10.1 Å². The Hall–Kier alpha value is -3.08. The number of nitrogens with one attached hydrogen (secondary N) is 2. The molecule has 0 aliphatic heterocycles. The summed E-state index contributed by atoms with van der Waals surface area (Å²) in [6, 6.07) is 16.7. The Labute approximate surface area is 195 Å². The van der Waals surface area contributed by atoms with E-state index in [-0.39, 0.29) is 31.6 Å². The minimum absolute atomic E-state index is 0.0371. The maximum Gasteiger partial charge on any atom is 0.416 e. The van der Waals surface area contributed by atoms with E-state index < -0.39 is 27.7 Å². The van der Waals surface area contributed by atoms with Crippen LogP contribution in [0, 0.1) is 0 Å². The van der Waals surface area contributed by atoms with Gasteiger partial charge in [-0.3, -0.25) is 9.52 Å². The molecule has 0 spiro atoms. The lowest BCUT2D eigenvalue weighted by Crippen LogP contribution is -2.17. The molecule has 4 aromatic rings. The molecule has 5 nitrogen and oxygen atoms in total. The first-order chi connectivity index (χ1) is 15.5. The summed E-state index contributed by atoms with van der Waals surface area (Å²) in [5.74, 6) is -0.589. The molecule has 11 heteroatoms. The molecule has 0 saturated heterocycles. The summed E-state index contributed by atoms with van der Waals surface area (Å²) < 4.78 is 67.3. The maximum atomic E-state index is 13.0. The molecule has 33 heavy (non-hydrogen) atoms. The molecule has 0 aliphatic rings. The van der Waals surface area contributed by atoms with Crippen molar-refractivity contribution >= 4 is 60.3 Å². The monoisotopic (exact) mass is 510 g/mol. The Morgan fingerprint density at radius 2 is 1.58 bits per heavy atom. The summed E-state index contributed by atoms with van der Waals surface area (Å²) in [5, 5.41) is 2.93. The normalized spacial score (nSPS) is 12.0. The second-order valence-electron chi connectivity index (χ2n) is 6.90. The van der Waals surface area contributed by atoms with E-state index in [0.29, 0.717) is 4.70 Å². The summed E-state index contributed by atoms with van der Waals surface area (Å²) in [6.07, 6.45) is -4.49. The average molecular weight is 511 g/mol. The van der Waals surface area contributed by atoms with Gasteiger partial charge < -0.3 is 5.32 Å². The third-order valence-corrected chi connectivity index (χ3v) is 7.59. The highest BCUT2D eigenvalue weighted by Gasteiger charge is 2.30. The summed E-state index contributed by atoms with van der Waals surface area (Å²) in [7, 11) is -4.04. The molecule has 0 unspecified atom stereocenters. The standard InChI is InChI=1S/C22H14ClF3N2O3S2/c23-15-5-1-4-8-20(15)33(30,31)28-17-7-3-2-6-16(17)27-21(29)19-12-13-11-14(22(24,25)26)9-10-18(13)32-19/h1-12,28H,(H,27,29). The third-order valence-electron chi connectivity index (χ3n) is 4.61. The average Bonchev–Trinajstić information content (AvgIpc) is 3.18. The van der Waals surface area contributed by atoms with Crippen molar-refractivity contribution in [2.24, 2.45) is 0 Å². The molecular weight excluding hydrogens is 497 g/mol.